The van der Waals surface area contributed by atoms with Crippen LogP contribution in [0.2, 0.25) is 0 Å². The van der Waals surface area contributed by atoms with Gasteiger partial charge in [0.1, 0.15) is 0 Å². The maximum Gasteiger partial charge on any atom is 0.261 e. The Labute approximate surface area is 221 Å². The molecular weight excluding hydrogens is 484 g/mol. The summed E-state index contributed by atoms with van der Waals surface area (Å²) in [7, 11) is 0. The Morgan fingerprint density at radius 1 is 1.00 bits per heavy atom. The second-order valence-electron chi connectivity index (χ2n) is 9.77. The lowest BCUT2D eigenvalue weighted by atomic mass is 10.1. The molecule has 2 fully saturated rings. The van der Waals surface area contributed by atoms with Gasteiger partial charge >= 0.3 is 0 Å². The molecule has 2 aromatic carbocycles. The number of anilines is 2. The topological polar surface area (TPSA) is 81.8 Å². The van der Waals surface area contributed by atoms with Gasteiger partial charge in [-0.1, -0.05) is 30.3 Å². The van der Waals surface area contributed by atoms with E-state index in [2.05, 4.69) is 15.5 Å². The second-order valence-corrected chi connectivity index (χ2v) is 10.9. The molecule has 0 aliphatic carbocycles. The van der Waals surface area contributed by atoms with Crippen molar-refractivity contribution in [2.24, 2.45) is 5.92 Å². The summed E-state index contributed by atoms with van der Waals surface area (Å²) in [5.74, 6) is -0.0301. The third kappa shape index (κ3) is 5.92. The summed E-state index contributed by atoms with van der Waals surface area (Å²) >= 11 is 1.47. The molecule has 2 N–H and O–H groups in total. The van der Waals surface area contributed by atoms with Crippen molar-refractivity contribution >= 4 is 40.4 Å². The molecule has 3 aromatic rings. The molecule has 0 saturated carbocycles. The first-order valence-electron chi connectivity index (χ1n) is 12.9. The first-order chi connectivity index (χ1) is 18.0. The van der Waals surface area contributed by atoms with Crippen LogP contribution in [0, 0.1) is 5.92 Å². The van der Waals surface area contributed by atoms with Crippen molar-refractivity contribution in [3.63, 3.8) is 0 Å². The molecule has 192 valence electrons. The first-order valence-corrected chi connectivity index (χ1v) is 13.7. The number of carbonyl (C=O) groups excluding carboxylic acids is 3. The summed E-state index contributed by atoms with van der Waals surface area (Å²) in [5.41, 5.74) is 2.62. The van der Waals surface area contributed by atoms with Gasteiger partial charge in [0.2, 0.25) is 11.8 Å². The van der Waals surface area contributed by atoms with Gasteiger partial charge in [-0.3, -0.25) is 19.3 Å². The predicted molar refractivity (Wildman–Crippen MR) is 148 cm³/mol. The van der Waals surface area contributed by atoms with Crippen LogP contribution in [0.15, 0.2) is 66.7 Å². The van der Waals surface area contributed by atoms with Gasteiger partial charge in [-0.15, -0.1) is 11.3 Å². The molecule has 2 aliphatic rings. The van der Waals surface area contributed by atoms with E-state index in [9.17, 15) is 14.4 Å². The highest BCUT2D eigenvalue weighted by atomic mass is 32.1. The van der Waals surface area contributed by atoms with E-state index in [4.69, 9.17) is 0 Å². The van der Waals surface area contributed by atoms with Crippen LogP contribution in [-0.4, -0.2) is 54.8 Å². The summed E-state index contributed by atoms with van der Waals surface area (Å²) in [4.78, 5) is 43.7. The van der Waals surface area contributed by atoms with Gasteiger partial charge < -0.3 is 15.5 Å². The monoisotopic (exact) mass is 516 g/mol. The van der Waals surface area contributed by atoms with Gasteiger partial charge in [0.25, 0.3) is 5.91 Å². The van der Waals surface area contributed by atoms with Crippen LogP contribution in [0.4, 0.5) is 11.4 Å². The predicted octanol–water partition coefficient (Wildman–Crippen LogP) is 4.62. The normalized spacial score (nSPS) is 18.7. The minimum Gasteiger partial charge on any atom is -0.351 e. The molecule has 2 aliphatic heterocycles. The molecule has 8 heteroatoms. The highest BCUT2D eigenvalue weighted by Crippen LogP contribution is 2.29. The molecule has 2 saturated heterocycles. The fourth-order valence-corrected chi connectivity index (χ4v) is 5.90. The maximum absolute atomic E-state index is 12.7. The van der Waals surface area contributed by atoms with Crippen LogP contribution in [-0.2, 0) is 9.59 Å². The van der Waals surface area contributed by atoms with E-state index >= 15 is 0 Å². The summed E-state index contributed by atoms with van der Waals surface area (Å²) in [6.07, 6.45) is 2.68. The molecule has 2 unspecified atom stereocenters. The van der Waals surface area contributed by atoms with Crippen molar-refractivity contribution in [1.29, 1.82) is 0 Å². The van der Waals surface area contributed by atoms with Crippen LogP contribution in [0.5, 0.6) is 0 Å². The largest absolute Gasteiger partial charge is 0.351 e. The molecule has 5 rings (SSSR count). The zero-order valence-electron chi connectivity index (χ0n) is 21.0. The average Bonchev–Trinajstić information content (AvgIpc) is 3.69. The van der Waals surface area contributed by atoms with Gasteiger partial charge in [0, 0.05) is 41.7 Å². The van der Waals surface area contributed by atoms with Crippen LogP contribution in [0.3, 0.4) is 0 Å². The van der Waals surface area contributed by atoms with Gasteiger partial charge in [0.05, 0.1) is 10.9 Å². The van der Waals surface area contributed by atoms with Crippen molar-refractivity contribution in [2.75, 3.05) is 36.4 Å². The summed E-state index contributed by atoms with van der Waals surface area (Å²) in [6, 6.07) is 21.1. The van der Waals surface area contributed by atoms with Gasteiger partial charge in [0.15, 0.2) is 0 Å². The number of nitrogens with one attached hydrogen (secondary N) is 2. The Bertz CT molecular complexity index is 1250. The van der Waals surface area contributed by atoms with E-state index in [1.54, 1.807) is 4.90 Å². The number of hydrogen-bond donors (Lipinski definition) is 2. The fourth-order valence-electron chi connectivity index (χ4n) is 4.98. The molecule has 0 spiro atoms. The number of carbonyl (C=O) groups is 3. The average molecular weight is 517 g/mol. The molecule has 1 aromatic heterocycles. The van der Waals surface area contributed by atoms with Crippen LogP contribution >= 0.6 is 11.3 Å². The third-order valence-electron chi connectivity index (χ3n) is 7.16. The van der Waals surface area contributed by atoms with Crippen molar-refractivity contribution < 1.29 is 14.4 Å². The molecule has 0 radical (unpaired) electrons. The minimum absolute atomic E-state index is 0.00988. The van der Waals surface area contributed by atoms with Crippen LogP contribution in [0.1, 0.15) is 35.9 Å². The van der Waals surface area contributed by atoms with Crippen molar-refractivity contribution in [1.82, 2.24) is 10.2 Å². The number of thiophene rings is 1. The number of rotatable bonds is 8. The summed E-state index contributed by atoms with van der Waals surface area (Å²) in [6.45, 7) is 4.87. The lowest BCUT2D eigenvalue weighted by Gasteiger charge is -2.23. The van der Waals surface area contributed by atoms with Gasteiger partial charge in [-0.25, -0.2) is 0 Å². The molecular formula is C29H32N4O3S. The number of hydrogen-bond acceptors (Lipinski definition) is 5. The van der Waals surface area contributed by atoms with E-state index in [0.29, 0.717) is 24.4 Å². The highest BCUT2D eigenvalue weighted by molar-refractivity contribution is 7.17. The lowest BCUT2D eigenvalue weighted by molar-refractivity contribution is -0.120. The zero-order chi connectivity index (χ0) is 25.8. The minimum atomic E-state index is -0.155. The van der Waals surface area contributed by atoms with E-state index in [-0.39, 0.29) is 29.7 Å². The van der Waals surface area contributed by atoms with Crippen LogP contribution in [0.25, 0.3) is 10.4 Å². The summed E-state index contributed by atoms with van der Waals surface area (Å²) in [5, 5.41) is 5.99. The van der Waals surface area contributed by atoms with Crippen molar-refractivity contribution in [2.45, 2.75) is 32.2 Å². The quantitative estimate of drug-likeness (QED) is 0.458. The molecule has 3 heterocycles. The zero-order valence-corrected chi connectivity index (χ0v) is 21.8. The second kappa shape index (κ2) is 11.3. The molecule has 3 amide bonds. The number of amides is 3. The van der Waals surface area contributed by atoms with Gasteiger partial charge in [-0.2, -0.15) is 0 Å². The Balaban J connectivity index is 1.12. The first kappa shape index (κ1) is 25.2. The number of likely N-dealkylation sites (tertiary alicyclic amines) is 1. The van der Waals surface area contributed by atoms with Crippen LogP contribution < -0.4 is 15.5 Å². The van der Waals surface area contributed by atoms with E-state index in [0.717, 1.165) is 47.7 Å². The number of nitrogens with zero attached hydrogens (tertiary/aromatic N) is 2. The molecule has 0 bridgehead atoms. The summed E-state index contributed by atoms with van der Waals surface area (Å²) < 4.78 is 0. The highest BCUT2D eigenvalue weighted by Gasteiger charge is 2.31. The van der Waals surface area contributed by atoms with E-state index in [1.807, 2.05) is 73.7 Å². The Morgan fingerprint density at radius 3 is 2.46 bits per heavy atom. The molecule has 37 heavy (non-hydrogen) atoms. The Morgan fingerprint density at radius 2 is 1.73 bits per heavy atom. The molecule has 7 nitrogen and oxygen atoms in total. The van der Waals surface area contributed by atoms with Crippen molar-refractivity contribution in [3.05, 3.63) is 71.6 Å². The Kier molecular flexibility index (Phi) is 7.67. The number of benzene rings is 2. The third-order valence-corrected chi connectivity index (χ3v) is 8.29. The van der Waals surface area contributed by atoms with E-state index in [1.165, 1.54) is 11.3 Å². The fraction of sp³-hybridized carbons (Fsp3) is 0.345. The smallest absolute Gasteiger partial charge is 0.261 e. The van der Waals surface area contributed by atoms with Gasteiger partial charge in [-0.05, 0) is 74.8 Å². The SMILES string of the molecule is CC(C(=O)Nc1ccc(N2CC(CNC(=O)c3ccc(-c4ccccc4)s3)CC2=O)cc1)N1CCCC1. The Hall–Kier alpha value is -3.49. The standard InChI is InChI=1S/C29H32N4O3S/c1-20(32-15-5-6-16-32)28(35)31-23-9-11-24(12-10-23)33-19-21(17-27(33)34)18-30-29(36)26-14-13-25(37-26)22-7-3-2-4-8-22/h2-4,7-14,20-21H,5-6,15-19H2,1H3,(H,30,36)(H,31,35). The lowest BCUT2D eigenvalue weighted by Crippen LogP contribution is -2.40. The van der Waals surface area contributed by atoms with Crippen molar-refractivity contribution in [3.8, 4) is 10.4 Å². The molecule has 2 atom stereocenters. The maximum atomic E-state index is 12.7. The van der Waals surface area contributed by atoms with E-state index < -0.39 is 0 Å².